The Morgan fingerprint density at radius 1 is 1.16 bits per heavy atom. The summed E-state index contributed by atoms with van der Waals surface area (Å²) in [7, 11) is 0. The SMILES string of the molecule is CC(=O)C1CN(Cc2ccccc2)CC12CN(C(=O)OC(C)(C)C)C2. The van der Waals surface area contributed by atoms with Crippen molar-refractivity contribution < 1.29 is 14.3 Å². The third kappa shape index (κ3) is 3.87. The van der Waals surface area contributed by atoms with Gasteiger partial charge in [0, 0.05) is 44.1 Å². The van der Waals surface area contributed by atoms with E-state index in [4.69, 9.17) is 4.74 Å². The molecule has 25 heavy (non-hydrogen) atoms. The second kappa shape index (κ2) is 6.45. The molecule has 2 aliphatic heterocycles. The largest absolute Gasteiger partial charge is 0.444 e. The normalized spacial score (nSPS) is 22.7. The summed E-state index contributed by atoms with van der Waals surface area (Å²) < 4.78 is 5.45. The van der Waals surface area contributed by atoms with Gasteiger partial charge in [0.25, 0.3) is 0 Å². The Morgan fingerprint density at radius 2 is 1.80 bits per heavy atom. The molecule has 3 rings (SSSR count). The van der Waals surface area contributed by atoms with Crippen molar-refractivity contribution in [2.24, 2.45) is 11.3 Å². The highest BCUT2D eigenvalue weighted by Crippen LogP contribution is 2.45. The van der Waals surface area contributed by atoms with Crippen LogP contribution >= 0.6 is 0 Å². The standard InChI is InChI=1S/C20H28N2O3/c1-15(23)17-11-21(10-16-8-6-5-7-9-16)12-20(17)13-22(14-20)18(24)25-19(2,3)4/h5-9,17H,10-14H2,1-4H3. The van der Waals surface area contributed by atoms with E-state index in [9.17, 15) is 9.59 Å². The van der Waals surface area contributed by atoms with Gasteiger partial charge in [-0.25, -0.2) is 4.79 Å². The quantitative estimate of drug-likeness (QED) is 0.846. The highest BCUT2D eigenvalue weighted by molar-refractivity contribution is 5.81. The van der Waals surface area contributed by atoms with Crippen molar-refractivity contribution in [3.05, 3.63) is 35.9 Å². The van der Waals surface area contributed by atoms with Gasteiger partial charge in [0.2, 0.25) is 0 Å². The lowest BCUT2D eigenvalue weighted by atomic mass is 9.70. The second-order valence-electron chi connectivity index (χ2n) is 8.52. The number of ketones is 1. The zero-order valence-corrected chi connectivity index (χ0v) is 15.6. The van der Waals surface area contributed by atoms with Crippen LogP contribution in [0.1, 0.15) is 33.3 Å². The van der Waals surface area contributed by atoms with Crippen LogP contribution in [0.3, 0.4) is 0 Å². The first-order valence-corrected chi connectivity index (χ1v) is 8.93. The van der Waals surface area contributed by atoms with Gasteiger partial charge in [-0.05, 0) is 33.3 Å². The van der Waals surface area contributed by atoms with E-state index >= 15 is 0 Å². The molecule has 2 heterocycles. The predicted octanol–water partition coefficient (Wildman–Crippen LogP) is 2.94. The summed E-state index contributed by atoms with van der Waals surface area (Å²) in [5.41, 5.74) is 0.650. The summed E-state index contributed by atoms with van der Waals surface area (Å²) in [6, 6.07) is 10.3. The van der Waals surface area contributed by atoms with Crippen LogP contribution in [0.25, 0.3) is 0 Å². The van der Waals surface area contributed by atoms with Crippen LogP contribution in [0.4, 0.5) is 4.79 Å². The highest BCUT2D eigenvalue weighted by Gasteiger charge is 2.57. The van der Waals surface area contributed by atoms with Crippen molar-refractivity contribution in [1.82, 2.24) is 9.80 Å². The minimum Gasteiger partial charge on any atom is -0.444 e. The topological polar surface area (TPSA) is 49.9 Å². The van der Waals surface area contributed by atoms with E-state index in [1.807, 2.05) is 39.0 Å². The highest BCUT2D eigenvalue weighted by atomic mass is 16.6. The minimum absolute atomic E-state index is 0.00472. The third-order valence-electron chi connectivity index (χ3n) is 5.12. The number of ether oxygens (including phenoxy) is 1. The van der Waals surface area contributed by atoms with Crippen molar-refractivity contribution in [1.29, 1.82) is 0 Å². The van der Waals surface area contributed by atoms with Crippen LogP contribution in [-0.2, 0) is 16.1 Å². The number of Topliss-reactive ketones (excluding diaryl/α,β-unsaturated/α-hetero) is 1. The molecule has 2 saturated heterocycles. The average molecular weight is 344 g/mol. The molecule has 0 N–H and O–H groups in total. The van der Waals surface area contributed by atoms with Crippen LogP contribution < -0.4 is 0 Å². The summed E-state index contributed by atoms with van der Waals surface area (Å²) in [6.07, 6.45) is -0.276. The molecular weight excluding hydrogens is 316 g/mol. The van der Waals surface area contributed by atoms with E-state index in [1.165, 1.54) is 5.56 Å². The van der Waals surface area contributed by atoms with Crippen LogP contribution in [0.15, 0.2) is 30.3 Å². The van der Waals surface area contributed by atoms with Gasteiger partial charge in [-0.1, -0.05) is 30.3 Å². The molecule has 1 unspecified atom stereocenters. The maximum atomic E-state index is 12.2. The van der Waals surface area contributed by atoms with Gasteiger partial charge in [0.1, 0.15) is 11.4 Å². The lowest BCUT2D eigenvalue weighted by Crippen LogP contribution is -2.63. The van der Waals surface area contributed by atoms with Gasteiger partial charge < -0.3 is 9.64 Å². The van der Waals surface area contributed by atoms with Crippen molar-refractivity contribution in [2.45, 2.75) is 39.8 Å². The molecule has 136 valence electrons. The Morgan fingerprint density at radius 3 is 2.36 bits per heavy atom. The summed E-state index contributed by atoms with van der Waals surface area (Å²) in [4.78, 5) is 28.5. The minimum atomic E-state index is -0.491. The Labute approximate surface area is 149 Å². The smallest absolute Gasteiger partial charge is 0.410 e. The van der Waals surface area contributed by atoms with Crippen molar-refractivity contribution in [3.63, 3.8) is 0 Å². The molecule has 1 amide bonds. The van der Waals surface area contributed by atoms with E-state index in [-0.39, 0.29) is 23.2 Å². The van der Waals surface area contributed by atoms with E-state index < -0.39 is 5.60 Å². The van der Waals surface area contributed by atoms with Crippen LogP contribution in [0, 0.1) is 11.3 Å². The number of likely N-dealkylation sites (tertiary alicyclic amines) is 2. The molecular formula is C20H28N2O3. The molecule has 0 bridgehead atoms. The van der Waals surface area contributed by atoms with Gasteiger partial charge in [0.15, 0.2) is 0 Å². The molecule has 2 aliphatic rings. The summed E-state index contributed by atoms with van der Waals surface area (Å²) in [5, 5.41) is 0. The molecule has 1 aromatic rings. The zero-order chi connectivity index (χ0) is 18.2. The number of amides is 1. The molecule has 0 radical (unpaired) electrons. The van der Waals surface area contributed by atoms with Crippen LogP contribution in [0.5, 0.6) is 0 Å². The fraction of sp³-hybridized carbons (Fsp3) is 0.600. The number of rotatable bonds is 3. The summed E-state index contributed by atoms with van der Waals surface area (Å²) in [6.45, 7) is 11.0. The average Bonchev–Trinajstić information content (AvgIpc) is 2.84. The maximum Gasteiger partial charge on any atom is 0.410 e. The van der Waals surface area contributed by atoms with E-state index in [1.54, 1.807) is 11.8 Å². The van der Waals surface area contributed by atoms with E-state index in [2.05, 4.69) is 17.0 Å². The fourth-order valence-electron chi connectivity index (χ4n) is 4.08. The number of benzene rings is 1. The molecule has 0 saturated carbocycles. The fourth-order valence-corrected chi connectivity index (χ4v) is 4.08. The van der Waals surface area contributed by atoms with E-state index in [0.717, 1.165) is 19.6 Å². The molecule has 1 spiro atoms. The molecule has 5 nitrogen and oxygen atoms in total. The van der Waals surface area contributed by atoms with Crippen LogP contribution in [-0.4, -0.2) is 53.5 Å². The van der Waals surface area contributed by atoms with Gasteiger partial charge in [-0.15, -0.1) is 0 Å². The third-order valence-corrected chi connectivity index (χ3v) is 5.12. The Kier molecular flexibility index (Phi) is 4.62. The van der Waals surface area contributed by atoms with Crippen molar-refractivity contribution in [3.8, 4) is 0 Å². The molecule has 1 aromatic carbocycles. The number of nitrogens with zero attached hydrogens (tertiary/aromatic N) is 2. The van der Waals surface area contributed by atoms with Crippen LogP contribution in [0.2, 0.25) is 0 Å². The second-order valence-corrected chi connectivity index (χ2v) is 8.52. The number of hydrogen-bond acceptors (Lipinski definition) is 4. The Hall–Kier alpha value is -1.88. The van der Waals surface area contributed by atoms with Gasteiger partial charge in [-0.2, -0.15) is 0 Å². The first kappa shape index (κ1) is 17.9. The lowest BCUT2D eigenvalue weighted by molar-refractivity contribution is -0.128. The molecule has 0 aliphatic carbocycles. The van der Waals surface area contributed by atoms with E-state index in [0.29, 0.717) is 13.1 Å². The molecule has 1 atom stereocenters. The monoisotopic (exact) mass is 344 g/mol. The molecule has 0 aromatic heterocycles. The number of hydrogen-bond donors (Lipinski definition) is 0. The van der Waals surface area contributed by atoms with Crippen molar-refractivity contribution in [2.75, 3.05) is 26.2 Å². The Bertz CT molecular complexity index is 645. The zero-order valence-electron chi connectivity index (χ0n) is 15.6. The number of carbonyl (C=O) groups is 2. The summed E-state index contributed by atoms with van der Waals surface area (Å²) in [5.74, 6) is 0.217. The maximum absolute atomic E-state index is 12.2. The first-order valence-electron chi connectivity index (χ1n) is 8.93. The first-order chi connectivity index (χ1) is 11.7. The lowest BCUT2D eigenvalue weighted by Gasteiger charge is -2.50. The summed E-state index contributed by atoms with van der Waals surface area (Å²) >= 11 is 0. The number of carbonyl (C=O) groups excluding carboxylic acids is 2. The van der Waals surface area contributed by atoms with Gasteiger partial charge >= 0.3 is 6.09 Å². The van der Waals surface area contributed by atoms with Gasteiger partial charge in [0.05, 0.1) is 0 Å². The predicted molar refractivity (Wildman–Crippen MR) is 96.1 cm³/mol. The molecule has 2 fully saturated rings. The Balaban J connectivity index is 1.65. The van der Waals surface area contributed by atoms with Crippen molar-refractivity contribution >= 4 is 11.9 Å². The molecule has 5 heteroatoms. The van der Waals surface area contributed by atoms with Gasteiger partial charge in [-0.3, -0.25) is 9.69 Å².